The van der Waals surface area contributed by atoms with E-state index in [1.54, 1.807) is 13.3 Å². The topological polar surface area (TPSA) is 83.8 Å². The van der Waals surface area contributed by atoms with E-state index in [1.165, 1.54) is 11.3 Å². The number of benzene rings is 1. The van der Waals surface area contributed by atoms with Crippen LogP contribution >= 0.6 is 27.3 Å². The second-order valence-electron chi connectivity index (χ2n) is 10.4. The van der Waals surface area contributed by atoms with Gasteiger partial charge < -0.3 is 15.3 Å². The maximum Gasteiger partial charge on any atom is 0.226 e. The largest absolute Gasteiger partial charge is 0.504 e. The van der Waals surface area contributed by atoms with Crippen molar-refractivity contribution < 1.29 is 19.1 Å². The summed E-state index contributed by atoms with van der Waals surface area (Å²) in [4.78, 5) is 23.3. The van der Waals surface area contributed by atoms with Crippen LogP contribution in [0, 0.1) is 35.9 Å². The number of halogens is 2. The van der Waals surface area contributed by atoms with Gasteiger partial charge in [0.1, 0.15) is 7.11 Å². The Morgan fingerprint density at radius 2 is 2.26 bits per heavy atom. The number of phenols is 1. The van der Waals surface area contributed by atoms with Crippen molar-refractivity contribution in [2.24, 2.45) is 28.3 Å². The average Bonchev–Trinajstić information content (AvgIpc) is 3.36. The number of aromatic nitrogens is 1. The molecule has 2 fully saturated rings. The van der Waals surface area contributed by atoms with Crippen LogP contribution in [0.5, 0.6) is 5.75 Å². The van der Waals surface area contributed by atoms with Gasteiger partial charge in [-0.15, -0.1) is 11.3 Å². The zero-order chi connectivity index (χ0) is 24.9. The zero-order valence-corrected chi connectivity index (χ0v) is 22.6. The van der Waals surface area contributed by atoms with Crippen molar-refractivity contribution in [3.63, 3.8) is 0 Å². The summed E-state index contributed by atoms with van der Waals surface area (Å²) in [6.07, 6.45) is 7.16. The minimum atomic E-state index is -0.486. The van der Waals surface area contributed by atoms with Gasteiger partial charge in [0.25, 0.3) is 0 Å². The van der Waals surface area contributed by atoms with Crippen LogP contribution in [0.25, 0.3) is 0 Å². The van der Waals surface area contributed by atoms with Gasteiger partial charge in [-0.25, -0.2) is 9.37 Å². The van der Waals surface area contributed by atoms with Gasteiger partial charge in [0.2, 0.25) is 5.91 Å². The van der Waals surface area contributed by atoms with E-state index in [0.29, 0.717) is 45.8 Å². The predicted molar refractivity (Wildman–Crippen MR) is 138 cm³/mol. The molecule has 5 atom stereocenters. The van der Waals surface area contributed by atoms with Crippen LogP contribution in [-0.2, 0) is 16.1 Å². The van der Waals surface area contributed by atoms with Crippen molar-refractivity contribution in [1.29, 1.82) is 0 Å². The summed E-state index contributed by atoms with van der Waals surface area (Å²) in [5.41, 5.74) is 2.69. The molecule has 2 aromatic rings. The number of hydrogen-bond acceptors (Lipinski definition) is 6. The minimum Gasteiger partial charge on any atom is -0.504 e. The van der Waals surface area contributed by atoms with Crippen LogP contribution in [0.1, 0.15) is 67.4 Å². The number of carbonyl (C=O) groups is 1. The lowest BCUT2D eigenvalue weighted by atomic mass is 9.54. The van der Waals surface area contributed by atoms with Gasteiger partial charge in [-0.05, 0) is 102 Å². The summed E-state index contributed by atoms with van der Waals surface area (Å²) in [5.74, 6) is 0.459. The predicted octanol–water partition coefficient (Wildman–Crippen LogP) is 6.56. The molecule has 1 heterocycles. The standard InChI is InChI=1S/C26H31BrFN3O3S/c1-13-12-29-25(35-13)30-21(32)7-4-14-10-20(31-34-3)26(2)9-8-15-16(22(14)26)5-6-17-18(15)11-19(27)24(33)23(17)28/h11-12,14-16,22,33H,4-10H2,1-3H3,(H,29,30,32)/b31-20+/t14-,15?,16?,22?,26-/m1/s1. The van der Waals surface area contributed by atoms with Gasteiger partial charge in [0.15, 0.2) is 16.7 Å². The van der Waals surface area contributed by atoms with Gasteiger partial charge in [-0.1, -0.05) is 12.1 Å². The fourth-order valence-corrected chi connectivity index (χ4v) is 8.25. The first kappa shape index (κ1) is 24.7. The van der Waals surface area contributed by atoms with Gasteiger partial charge in [0, 0.05) is 22.9 Å². The highest BCUT2D eigenvalue weighted by Crippen LogP contribution is 2.63. The van der Waals surface area contributed by atoms with Gasteiger partial charge in [-0.3, -0.25) is 4.79 Å². The van der Waals surface area contributed by atoms with E-state index in [4.69, 9.17) is 4.84 Å². The molecule has 1 amide bonds. The smallest absolute Gasteiger partial charge is 0.226 e. The maximum atomic E-state index is 14.9. The molecule has 1 aromatic heterocycles. The Labute approximate surface area is 217 Å². The molecule has 0 radical (unpaired) electrons. The van der Waals surface area contributed by atoms with Crippen LogP contribution in [0.2, 0.25) is 0 Å². The van der Waals surface area contributed by atoms with Crippen molar-refractivity contribution in [2.45, 2.75) is 64.7 Å². The Balaban J connectivity index is 1.41. The maximum absolute atomic E-state index is 14.9. The summed E-state index contributed by atoms with van der Waals surface area (Å²) in [5, 5.41) is 18.2. The molecule has 3 aliphatic carbocycles. The first-order chi connectivity index (χ1) is 16.7. The molecule has 188 valence electrons. The number of nitrogens with zero attached hydrogens (tertiary/aromatic N) is 2. The SMILES string of the molecule is CO/N=C1\C[C@@H](CCC(=O)Nc2ncc(C)s2)C2C3CCc4c(cc(Br)c(O)c4F)C3CC[C@]12C. The second-order valence-corrected chi connectivity index (χ2v) is 12.5. The molecular weight excluding hydrogens is 533 g/mol. The number of fused-ring (bicyclic) bond motifs is 5. The lowest BCUT2D eigenvalue weighted by Gasteiger charge is -2.50. The quantitative estimate of drug-likeness (QED) is 0.403. The molecule has 1 aromatic carbocycles. The molecule has 2 N–H and O–H groups in total. The number of carbonyl (C=O) groups excluding carboxylic acids is 1. The highest BCUT2D eigenvalue weighted by molar-refractivity contribution is 9.10. The van der Waals surface area contributed by atoms with Crippen molar-refractivity contribution in [1.82, 2.24) is 4.98 Å². The van der Waals surface area contributed by atoms with Crippen molar-refractivity contribution >= 4 is 44.0 Å². The monoisotopic (exact) mass is 563 g/mol. The first-order valence-corrected chi connectivity index (χ1v) is 13.9. The van der Waals surface area contributed by atoms with Gasteiger partial charge >= 0.3 is 0 Å². The van der Waals surface area contributed by atoms with Crippen LogP contribution in [0.15, 0.2) is 21.9 Å². The Bertz CT molecular complexity index is 1180. The molecule has 0 spiro atoms. The fraction of sp³-hybridized carbons (Fsp3) is 0.577. The summed E-state index contributed by atoms with van der Waals surface area (Å²) in [6, 6.07) is 1.92. The molecule has 9 heteroatoms. The van der Waals surface area contributed by atoms with E-state index < -0.39 is 5.82 Å². The van der Waals surface area contributed by atoms with E-state index in [2.05, 4.69) is 38.3 Å². The molecule has 3 aliphatic rings. The molecule has 6 nitrogen and oxygen atoms in total. The summed E-state index contributed by atoms with van der Waals surface area (Å²) >= 11 is 4.83. The number of anilines is 1. The van der Waals surface area contributed by atoms with Crippen LogP contribution in [-0.4, -0.2) is 28.8 Å². The van der Waals surface area contributed by atoms with E-state index in [-0.39, 0.29) is 23.0 Å². The third kappa shape index (κ3) is 4.28. The normalized spacial score (nSPS) is 30.5. The number of aromatic hydroxyl groups is 1. The molecule has 0 saturated heterocycles. The number of amides is 1. The number of oxime groups is 1. The zero-order valence-electron chi connectivity index (χ0n) is 20.2. The Morgan fingerprint density at radius 1 is 1.46 bits per heavy atom. The number of hydrogen-bond donors (Lipinski definition) is 2. The first-order valence-electron chi connectivity index (χ1n) is 12.3. The summed E-state index contributed by atoms with van der Waals surface area (Å²) in [6.45, 7) is 4.27. The number of phenolic OH excluding ortho intramolecular Hbond substituents is 1. The molecule has 5 rings (SSSR count). The lowest BCUT2D eigenvalue weighted by molar-refractivity contribution is -0.116. The molecule has 3 unspecified atom stereocenters. The van der Waals surface area contributed by atoms with E-state index >= 15 is 0 Å². The summed E-state index contributed by atoms with van der Waals surface area (Å²) < 4.78 is 15.3. The summed E-state index contributed by atoms with van der Waals surface area (Å²) in [7, 11) is 1.59. The van der Waals surface area contributed by atoms with Crippen LogP contribution in [0.4, 0.5) is 9.52 Å². The van der Waals surface area contributed by atoms with E-state index in [9.17, 15) is 14.3 Å². The minimum absolute atomic E-state index is 0.0130. The number of nitrogens with one attached hydrogen (secondary N) is 1. The van der Waals surface area contributed by atoms with Crippen molar-refractivity contribution in [3.05, 3.63) is 38.6 Å². The Kier molecular flexibility index (Phi) is 6.68. The molecule has 2 saturated carbocycles. The van der Waals surface area contributed by atoms with Crippen molar-refractivity contribution in [3.8, 4) is 5.75 Å². The lowest BCUT2D eigenvalue weighted by Crippen LogP contribution is -2.44. The Morgan fingerprint density at radius 3 is 2.97 bits per heavy atom. The van der Waals surface area contributed by atoms with Gasteiger partial charge in [-0.2, -0.15) is 0 Å². The molecule has 0 aliphatic heterocycles. The van der Waals surface area contributed by atoms with E-state index in [1.807, 2.05) is 13.0 Å². The van der Waals surface area contributed by atoms with Crippen molar-refractivity contribution in [2.75, 3.05) is 12.4 Å². The second kappa shape index (κ2) is 9.47. The van der Waals surface area contributed by atoms with Crippen LogP contribution < -0.4 is 5.32 Å². The molecule has 35 heavy (non-hydrogen) atoms. The third-order valence-electron chi connectivity index (χ3n) is 8.58. The van der Waals surface area contributed by atoms with E-state index in [0.717, 1.165) is 48.3 Å². The average molecular weight is 565 g/mol. The Hall–Kier alpha value is -2.00. The number of aryl methyl sites for hydroxylation is 1. The number of thiazole rings is 1. The third-order valence-corrected chi connectivity index (χ3v) is 10.0. The fourth-order valence-electron chi connectivity index (χ4n) is 7.15. The highest BCUT2D eigenvalue weighted by atomic mass is 79.9. The van der Waals surface area contributed by atoms with Crippen LogP contribution in [0.3, 0.4) is 0 Å². The van der Waals surface area contributed by atoms with Gasteiger partial charge in [0.05, 0.1) is 10.2 Å². The number of rotatable bonds is 5. The molecule has 0 bridgehead atoms. The molecular formula is C26H31BrFN3O3S. The highest BCUT2D eigenvalue weighted by Gasteiger charge is 2.58.